The van der Waals surface area contributed by atoms with Crippen molar-refractivity contribution in [2.75, 3.05) is 6.61 Å². The van der Waals surface area contributed by atoms with Gasteiger partial charge in [-0.15, -0.1) is 0 Å². The second kappa shape index (κ2) is 35.7. The Labute approximate surface area is 280 Å². The van der Waals surface area contributed by atoms with Gasteiger partial charge in [-0.25, -0.2) is 0 Å². The highest BCUT2D eigenvalue weighted by atomic mass is 16.3. The number of hydrogen-bond donors (Lipinski definition) is 4. The molecule has 5 nitrogen and oxygen atoms in total. The quantitative estimate of drug-likeness (QED) is 0.0412. The summed E-state index contributed by atoms with van der Waals surface area (Å²) >= 11 is 0. The average molecular weight is 636 g/mol. The van der Waals surface area contributed by atoms with E-state index < -0.39 is 24.2 Å². The summed E-state index contributed by atoms with van der Waals surface area (Å²) in [4.78, 5) is 12.4. The van der Waals surface area contributed by atoms with Crippen LogP contribution in [0.5, 0.6) is 0 Å². The van der Waals surface area contributed by atoms with Gasteiger partial charge < -0.3 is 20.6 Å². The maximum absolute atomic E-state index is 12.4. The molecule has 45 heavy (non-hydrogen) atoms. The van der Waals surface area contributed by atoms with Gasteiger partial charge in [0.15, 0.2) is 0 Å². The van der Waals surface area contributed by atoms with Gasteiger partial charge in [0, 0.05) is 0 Å². The standard InChI is InChI=1S/C40H77NO4/c1-3-5-7-9-11-13-15-17-18-19-20-21-23-25-27-29-31-33-35-39(44)40(45)41-37(36-42)38(43)34-32-30-28-26-24-22-16-14-12-10-8-6-4-2/h24,26,32,34,37-39,42-44H,3-23,25,27-31,33,35-36H2,1-2H3,(H,41,45)/b26-24+,34-32+/t37-,38+,39+/m0/s1. The minimum absolute atomic E-state index is 0.374. The Morgan fingerprint density at radius 3 is 1.36 bits per heavy atom. The highest BCUT2D eigenvalue weighted by Crippen LogP contribution is 2.15. The van der Waals surface area contributed by atoms with E-state index in [9.17, 15) is 20.1 Å². The van der Waals surface area contributed by atoms with Crippen LogP contribution in [0.3, 0.4) is 0 Å². The second-order valence-electron chi connectivity index (χ2n) is 13.5. The van der Waals surface area contributed by atoms with Crippen LogP contribution in [-0.4, -0.2) is 46.1 Å². The zero-order valence-electron chi connectivity index (χ0n) is 30.0. The van der Waals surface area contributed by atoms with Gasteiger partial charge >= 0.3 is 0 Å². The Bertz CT molecular complexity index is 665. The Balaban J connectivity index is 3.72. The fourth-order valence-corrected chi connectivity index (χ4v) is 5.91. The predicted molar refractivity (Wildman–Crippen MR) is 195 cm³/mol. The molecule has 0 aromatic carbocycles. The Hall–Kier alpha value is -1.17. The van der Waals surface area contributed by atoms with Crippen molar-refractivity contribution in [1.82, 2.24) is 5.32 Å². The van der Waals surface area contributed by atoms with E-state index in [1.54, 1.807) is 6.08 Å². The summed E-state index contributed by atoms with van der Waals surface area (Å²) in [7, 11) is 0. The van der Waals surface area contributed by atoms with Crippen LogP contribution in [0.15, 0.2) is 24.3 Å². The summed E-state index contributed by atoms with van der Waals surface area (Å²) < 4.78 is 0. The van der Waals surface area contributed by atoms with E-state index in [1.165, 1.54) is 141 Å². The van der Waals surface area contributed by atoms with Gasteiger partial charge in [-0.3, -0.25) is 4.79 Å². The van der Waals surface area contributed by atoms with E-state index in [0.29, 0.717) is 6.42 Å². The van der Waals surface area contributed by atoms with E-state index in [4.69, 9.17) is 0 Å². The summed E-state index contributed by atoms with van der Waals surface area (Å²) in [6.07, 6.45) is 42.0. The van der Waals surface area contributed by atoms with Gasteiger partial charge in [0.1, 0.15) is 6.10 Å². The Kier molecular flexibility index (Phi) is 34.8. The Morgan fingerprint density at radius 2 is 0.911 bits per heavy atom. The summed E-state index contributed by atoms with van der Waals surface area (Å²) in [6, 6.07) is -0.809. The number of allylic oxidation sites excluding steroid dienone is 3. The molecule has 0 bridgehead atoms. The molecular formula is C40H77NO4. The Morgan fingerprint density at radius 1 is 0.533 bits per heavy atom. The van der Waals surface area contributed by atoms with E-state index in [0.717, 1.165) is 38.5 Å². The summed E-state index contributed by atoms with van der Waals surface area (Å²) in [5.41, 5.74) is 0. The van der Waals surface area contributed by atoms with Gasteiger partial charge in [0.25, 0.3) is 0 Å². The molecule has 0 aromatic heterocycles. The monoisotopic (exact) mass is 636 g/mol. The predicted octanol–water partition coefficient (Wildman–Crippen LogP) is 10.7. The van der Waals surface area contributed by atoms with Crippen molar-refractivity contribution in [3.05, 3.63) is 24.3 Å². The number of aliphatic hydroxyl groups excluding tert-OH is 3. The number of carbonyl (C=O) groups excluding carboxylic acids is 1. The molecule has 0 aromatic rings. The molecule has 0 fully saturated rings. The third-order valence-electron chi connectivity index (χ3n) is 9.04. The van der Waals surface area contributed by atoms with Crippen molar-refractivity contribution < 1.29 is 20.1 Å². The summed E-state index contributed by atoms with van der Waals surface area (Å²) in [5.74, 6) is -0.512. The third-order valence-corrected chi connectivity index (χ3v) is 9.04. The maximum atomic E-state index is 12.4. The lowest BCUT2D eigenvalue weighted by Gasteiger charge is -2.21. The number of unbranched alkanes of at least 4 members (excludes halogenated alkanes) is 25. The highest BCUT2D eigenvalue weighted by molar-refractivity contribution is 5.80. The van der Waals surface area contributed by atoms with Crippen LogP contribution < -0.4 is 5.32 Å². The SMILES string of the molecule is CCCCCCCCC/C=C/CC/C=C/[C@@H](O)[C@H](CO)NC(=O)[C@H](O)CCCCCCCCCCCCCCCCCCCC. The van der Waals surface area contributed by atoms with Gasteiger partial charge in [-0.1, -0.05) is 192 Å². The molecule has 5 heteroatoms. The van der Waals surface area contributed by atoms with E-state index in [2.05, 4.69) is 31.3 Å². The van der Waals surface area contributed by atoms with Crippen LogP contribution in [-0.2, 0) is 4.79 Å². The largest absolute Gasteiger partial charge is 0.394 e. The molecule has 0 heterocycles. The summed E-state index contributed by atoms with van der Waals surface area (Å²) in [6.45, 7) is 4.15. The molecule has 0 spiro atoms. The minimum atomic E-state index is -1.10. The van der Waals surface area contributed by atoms with Crippen molar-refractivity contribution in [2.45, 2.75) is 218 Å². The second-order valence-corrected chi connectivity index (χ2v) is 13.5. The zero-order valence-corrected chi connectivity index (χ0v) is 30.0. The maximum Gasteiger partial charge on any atom is 0.249 e. The molecule has 0 saturated carbocycles. The highest BCUT2D eigenvalue weighted by Gasteiger charge is 2.22. The first kappa shape index (κ1) is 43.8. The molecule has 1 amide bonds. The average Bonchev–Trinajstić information content (AvgIpc) is 3.04. The van der Waals surface area contributed by atoms with Crippen molar-refractivity contribution in [3.8, 4) is 0 Å². The number of amides is 1. The first-order valence-electron chi connectivity index (χ1n) is 19.7. The van der Waals surface area contributed by atoms with Crippen LogP contribution in [0, 0.1) is 0 Å². The van der Waals surface area contributed by atoms with E-state index in [1.807, 2.05) is 6.08 Å². The van der Waals surface area contributed by atoms with E-state index >= 15 is 0 Å². The lowest BCUT2D eigenvalue weighted by molar-refractivity contribution is -0.131. The zero-order chi connectivity index (χ0) is 33.1. The molecular weight excluding hydrogens is 558 g/mol. The topological polar surface area (TPSA) is 89.8 Å². The van der Waals surface area contributed by atoms with Crippen molar-refractivity contribution in [2.24, 2.45) is 0 Å². The number of hydrogen-bond acceptors (Lipinski definition) is 4. The fourth-order valence-electron chi connectivity index (χ4n) is 5.91. The fraction of sp³-hybridized carbons (Fsp3) is 0.875. The van der Waals surface area contributed by atoms with Crippen LogP contribution in [0.4, 0.5) is 0 Å². The molecule has 0 aliphatic carbocycles. The molecule has 0 radical (unpaired) electrons. The molecule has 3 atom stereocenters. The van der Waals surface area contributed by atoms with Gasteiger partial charge in [-0.05, 0) is 32.1 Å². The van der Waals surface area contributed by atoms with E-state index in [-0.39, 0.29) is 6.61 Å². The molecule has 0 aliphatic heterocycles. The van der Waals surface area contributed by atoms with Gasteiger partial charge in [0.2, 0.25) is 5.91 Å². The number of carbonyl (C=O) groups is 1. The molecule has 0 rings (SSSR count). The van der Waals surface area contributed by atoms with Crippen LogP contribution in [0.1, 0.15) is 200 Å². The third kappa shape index (κ3) is 31.2. The molecule has 0 unspecified atom stereocenters. The van der Waals surface area contributed by atoms with Crippen molar-refractivity contribution >= 4 is 5.91 Å². The van der Waals surface area contributed by atoms with Crippen molar-refractivity contribution in [3.63, 3.8) is 0 Å². The molecule has 0 aliphatic rings. The molecule has 4 N–H and O–H groups in total. The van der Waals surface area contributed by atoms with Gasteiger partial charge in [-0.2, -0.15) is 0 Å². The molecule has 266 valence electrons. The smallest absolute Gasteiger partial charge is 0.249 e. The lowest BCUT2D eigenvalue weighted by Crippen LogP contribution is -2.48. The van der Waals surface area contributed by atoms with Crippen LogP contribution >= 0.6 is 0 Å². The number of nitrogens with one attached hydrogen (secondary N) is 1. The van der Waals surface area contributed by atoms with Gasteiger partial charge in [0.05, 0.1) is 18.8 Å². The van der Waals surface area contributed by atoms with Crippen LogP contribution in [0.25, 0.3) is 0 Å². The summed E-state index contributed by atoms with van der Waals surface area (Å²) in [5, 5.41) is 33.0. The van der Waals surface area contributed by atoms with Crippen molar-refractivity contribution in [1.29, 1.82) is 0 Å². The van der Waals surface area contributed by atoms with Crippen LogP contribution in [0.2, 0.25) is 0 Å². The number of rotatable bonds is 35. The first-order chi connectivity index (χ1) is 22.1. The minimum Gasteiger partial charge on any atom is -0.394 e. The number of aliphatic hydroxyl groups is 3. The lowest BCUT2D eigenvalue weighted by atomic mass is 10.0. The normalized spacial score (nSPS) is 14.0. The first-order valence-corrected chi connectivity index (χ1v) is 19.7. The molecule has 0 saturated heterocycles.